The molecule has 258 valence electrons. The van der Waals surface area contributed by atoms with Gasteiger partial charge < -0.3 is 18.3 Å². The summed E-state index contributed by atoms with van der Waals surface area (Å²) >= 11 is 0. The average Bonchev–Trinajstić information content (AvgIpc) is 3.12. The van der Waals surface area contributed by atoms with Crippen molar-refractivity contribution in [3.63, 3.8) is 0 Å². The monoisotopic (exact) mass is 700 g/mol. The third-order valence-electron chi connectivity index (χ3n) is 9.15. The molecule has 0 heterocycles. The number of hydrogen-bond acceptors (Lipinski definition) is 5. The van der Waals surface area contributed by atoms with E-state index in [4.69, 9.17) is 18.3 Å². The Balaban J connectivity index is 1.87. The van der Waals surface area contributed by atoms with Crippen molar-refractivity contribution < 1.29 is 23.1 Å². The molecule has 5 rings (SSSR count). The molecule has 0 amide bonds. The molecule has 0 saturated carbocycles. The van der Waals surface area contributed by atoms with Crippen LogP contribution in [0.5, 0.6) is 17.2 Å². The van der Waals surface area contributed by atoms with Crippen molar-refractivity contribution in [3.8, 4) is 17.2 Å². The Morgan fingerprint density at radius 1 is 0.600 bits per heavy atom. The van der Waals surface area contributed by atoms with Gasteiger partial charge in [-0.1, -0.05) is 176 Å². The molecule has 0 unspecified atom stereocenters. The smallest absolute Gasteiger partial charge is 0.338 e. The molecule has 0 fully saturated rings. The quantitative estimate of drug-likeness (QED) is 0.0753. The second kappa shape index (κ2) is 14.9. The lowest BCUT2D eigenvalue weighted by Gasteiger charge is -2.44. The van der Waals surface area contributed by atoms with Gasteiger partial charge in [-0.2, -0.15) is 0 Å². The van der Waals surface area contributed by atoms with E-state index in [-0.39, 0.29) is 16.7 Å². The van der Waals surface area contributed by atoms with E-state index in [1.807, 2.05) is 72.8 Å². The molecule has 0 bridgehead atoms. The van der Waals surface area contributed by atoms with Crippen molar-refractivity contribution in [1.82, 2.24) is 0 Å². The van der Waals surface area contributed by atoms with Gasteiger partial charge in [0.25, 0.3) is 0 Å². The van der Waals surface area contributed by atoms with Gasteiger partial charge in [-0.25, -0.2) is 4.79 Å². The van der Waals surface area contributed by atoms with E-state index in [1.165, 1.54) is 7.11 Å². The van der Waals surface area contributed by atoms with Gasteiger partial charge in [0.1, 0.15) is 6.61 Å². The van der Waals surface area contributed by atoms with Crippen molar-refractivity contribution in [2.75, 3.05) is 13.7 Å². The maximum Gasteiger partial charge on any atom is 0.338 e. The van der Waals surface area contributed by atoms with Crippen molar-refractivity contribution in [1.29, 1.82) is 0 Å². The predicted molar refractivity (Wildman–Crippen MR) is 210 cm³/mol. The summed E-state index contributed by atoms with van der Waals surface area (Å²) in [6.07, 6.45) is 1.70. The van der Waals surface area contributed by atoms with Crippen LogP contribution >= 0.6 is 0 Å². The lowest BCUT2D eigenvalue weighted by Crippen LogP contribution is -2.69. The van der Waals surface area contributed by atoms with Crippen LogP contribution in [0, 0.1) is 0 Å². The standard InChI is InChI=1S/C43H48O5Si2/c1-9-30-46-40-38(47-49(42(2,3)4,34-22-14-10-15-23-34)35-24-16-11-17-25-35)31-33(41(44)45-8)32-39(40)48-50(43(5,6)7,36-26-18-12-19-27-36)37-28-20-13-21-29-37/h9-29,31-32H,1,30H2,2-8H3. The molecule has 5 aromatic carbocycles. The highest BCUT2D eigenvalue weighted by atomic mass is 28.4. The van der Waals surface area contributed by atoms with Gasteiger partial charge in [-0.15, -0.1) is 0 Å². The van der Waals surface area contributed by atoms with E-state index in [0.717, 1.165) is 20.7 Å². The zero-order valence-corrected chi connectivity index (χ0v) is 32.2. The summed E-state index contributed by atoms with van der Waals surface area (Å²) in [5.74, 6) is 0.743. The molecule has 0 spiro atoms. The molecule has 7 heteroatoms. The third-order valence-corrected chi connectivity index (χ3v) is 19.0. The highest BCUT2D eigenvalue weighted by molar-refractivity contribution is 7.00. The summed E-state index contributed by atoms with van der Waals surface area (Å²) in [5.41, 5.74) is 0.305. The molecule has 5 aromatic rings. The van der Waals surface area contributed by atoms with Gasteiger partial charge in [0.2, 0.25) is 5.75 Å². The van der Waals surface area contributed by atoms with Crippen LogP contribution in [0.15, 0.2) is 146 Å². The molecule has 0 aromatic heterocycles. The van der Waals surface area contributed by atoms with Gasteiger partial charge in [-0.3, -0.25) is 0 Å². The molecule has 0 aliphatic rings. The summed E-state index contributed by atoms with van der Waals surface area (Å²) in [5, 5.41) is 3.65. The second-order valence-corrected chi connectivity index (χ2v) is 22.9. The number of benzene rings is 5. The van der Waals surface area contributed by atoms with Gasteiger partial charge in [0.15, 0.2) is 11.5 Å². The number of methoxy groups -OCH3 is 1. The fourth-order valence-electron chi connectivity index (χ4n) is 6.88. The van der Waals surface area contributed by atoms with Crippen molar-refractivity contribution in [3.05, 3.63) is 152 Å². The normalized spacial score (nSPS) is 12.1. The number of carbonyl (C=O) groups excluding carboxylic acids is 1. The molecular formula is C43H48O5Si2. The largest absolute Gasteiger partial charge is 0.531 e. The Morgan fingerprint density at radius 2 is 0.920 bits per heavy atom. The van der Waals surface area contributed by atoms with E-state index in [2.05, 4.69) is 96.7 Å². The van der Waals surface area contributed by atoms with Crippen LogP contribution in [0.2, 0.25) is 10.1 Å². The summed E-state index contributed by atoms with van der Waals surface area (Å²) in [6, 6.07) is 45.0. The van der Waals surface area contributed by atoms with Crippen LogP contribution in [0.4, 0.5) is 0 Å². The Kier molecular flexibility index (Phi) is 10.9. The first-order valence-corrected chi connectivity index (χ1v) is 20.8. The molecule has 0 atom stereocenters. The Labute approximate surface area is 299 Å². The molecule has 0 N–H and O–H groups in total. The Morgan fingerprint density at radius 3 is 1.18 bits per heavy atom. The minimum atomic E-state index is -3.18. The van der Waals surface area contributed by atoms with Gasteiger partial charge in [-0.05, 0) is 43.0 Å². The van der Waals surface area contributed by atoms with Gasteiger partial charge in [0.05, 0.1) is 12.7 Å². The highest BCUT2D eigenvalue weighted by Gasteiger charge is 2.54. The second-order valence-electron chi connectivity index (χ2n) is 14.4. The van der Waals surface area contributed by atoms with Crippen molar-refractivity contribution >= 4 is 43.4 Å². The maximum atomic E-state index is 13.5. The van der Waals surface area contributed by atoms with Crippen LogP contribution in [0.1, 0.15) is 51.9 Å². The lowest BCUT2D eigenvalue weighted by atomic mass is 10.2. The van der Waals surface area contributed by atoms with Crippen LogP contribution in [0.25, 0.3) is 0 Å². The van der Waals surface area contributed by atoms with Gasteiger partial charge >= 0.3 is 22.6 Å². The first-order chi connectivity index (χ1) is 23.9. The fourth-order valence-corrected chi connectivity index (χ4v) is 15.7. The Hall–Kier alpha value is -4.86. The lowest BCUT2D eigenvalue weighted by molar-refractivity contribution is 0.0600. The molecule has 0 aliphatic heterocycles. The maximum absolute atomic E-state index is 13.5. The van der Waals surface area contributed by atoms with Crippen LogP contribution < -0.4 is 34.3 Å². The minimum absolute atomic E-state index is 0.200. The molecule has 0 aliphatic carbocycles. The summed E-state index contributed by atoms with van der Waals surface area (Å²) in [6.45, 7) is 17.4. The summed E-state index contributed by atoms with van der Waals surface area (Å²) < 4.78 is 27.0. The van der Waals surface area contributed by atoms with Crippen molar-refractivity contribution in [2.45, 2.75) is 51.6 Å². The van der Waals surface area contributed by atoms with E-state index in [9.17, 15) is 4.79 Å². The van der Waals surface area contributed by atoms with E-state index in [1.54, 1.807) is 18.2 Å². The Bertz CT molecular complexity index is 1680. The number of carbonyl (C=O) groups is 1. The van der Waals surface area contributed by atoms with Crippen molar-refractivity contribution in [2.24, 2.45) is 0 Å². The topological polar surface area (TPSA) is 54.0 Å². The summed E-state index contributed by atoms with van der Waals surface area (Å²) in [4.78, 5) is 13.5. The number of esters is 1. The molecular weight excluding hydrogens is 653 g/mol. The van der Waals surface area contributed by atoms with E-state index in [0.29, 0.717) is 22.8 Å². The molecule has 0 saturated heterocycles. The highest BCUT2D eigenvalue weighted by Crippen LogP contribution is 2.47. The number of hydrogen-bond donors (Lipinski definition) is 0. The summed E-state index contributed by atoms with van der Waals surface area (Å²) in [7, 11) is -4.97. The first kappa shape index (κ1) is 36.4. The fraction of sp³-hybridized carbons (Fsp3) is 0.233. The SMILES string of the molecule is C=CCOc1c(O[Si](c2ccccc2)(c2ccccc2)C(C)(C)C)cc(C(=O)OC)cc1O[Si](c1ccccc1)(c1ccccc1)C(C)(C)C. The average molecular weight is 701 g/mol. The molecule has 50 heavy (non-hydrogen) atoms. The zero-order chi connectivity index (χ0) is 36.0. The molecule has 5 nitrogen and oxygen atoms in total. The van der Waals surface area contributed by atoms with E-state index < -0.39 is 22.6 Å². The number of ether oxygens (including phenoxy) is 2. The van der Waals surface area contributed by atoms with Crippen LogP contribution in [-0.2, 0) is 4.74 Å². The minimum Gasteiger partial charge on any atom is -0.531 e. The third kappa shape index (κ3) is 6.93. The molecule has 0 radical (unpaired) electrons. The van der Waals surface area contributed by atoms with E-state index >= 15 is 0 Å². The van der Waals surface area contributed by atoms with Crippen LogP contribution in [-0.4, -0.2) is 36.3 Å². The zero-order valence-electron chi connectivity index (χ0n) is 30.2. The van der Waals surface area contributed by atoms with Gasteiger partial charge in [0, 0.05) is 0 Å². The van der Waals surface area contributed by atoms with Crippen LogP contribution in [0.3, 0.4) is 0 Å². The number of rotatable bonds is 12. The predicted octanol–water partition coefficient (Wildman–Crippen LogP) is 7.92. The first-order valence-electron chi connectivity index (χ1n) is 17.0.